The molecule has 1 fully saturated rings. The highest BCUT2D eigenvalue weighted by Crippen LogP contribution is 2.28. The van der Waals surface area contributed by atoms with E-state index in [-0.39, 0.29) is 11.7 Å². The number of amidine groups is 1. The van der Waals surface area contributed by atoms with Gasteiger partial charge in [-0.1, -0.05) is 23.7 Å². The van der Waals surface area contributed by atoms with Crippen molar-refractivity contribution < 1.29 is 9.90 Å². The lowest BCUT2D eigenvalue weighted by Crippen LogP contribution is -2.19. The number of nitrogens with zero attached hydrogens (tertiary/aromatic N) is 1. The van der Waals surface area contributed by atoms with Crippen LogP contribution in [0.15, 0.2) is 58.4 Å². The first-order chi connectivity index (χ1) is 10.6. The predicted molar refractivity (Wildman–Crippen MR) is 90.4 cm³/mol. The molecule has 2 aromatic carbocycles. The normalized spacial score (nSPS) is 18.0. The smallest absolute Gasteiger partial charge is 0.264 e. The SMILES string of the molecule is O=C1NC(=Nc2ccc(O)cc2)SC1=Cc1ccc(Cl)cc1. The summed E-state index contributed by atoms with van der Waals surface area (Å²) in [5.41, 5.74) is 1.56. The Morgan fingerprint density at radius 3 is 2.45 bits per heavy atom. The molecular weight excluding hydrogens is 320 g/mol. The van der Waals surface area contributed by atoms with Gasteiger partial charge >= 0.3 is 0 Å². The summed E-state index contributed by atoms with van der Waals surface area (Å²) in [7, 11) is 0. The molecule has 0 spiro atoms. The van der Waals surface area contributed by atoms with Crippen molar-refractivity contribution in [2.45, 2.75) is 0 Å². The van der Waals surface area contributed by atoms with Crippen LogP contribution >= 0.6 is 23.4 Å². The molecule has 1 aliphatic heterocycles. The third kappa shape index (κ3) is 3.50. The summed E-state index contributed by atoms with van der Waals surface area (Å²) in [5.74, 6) is -0.00661. The van der Waals surface area contributed by atoms with Crippen molar-refractivity contribution in [3.05, 3.63) is 64.0 Å². The van der Waals surface area contributed by atoms with Gasteiger partial charge in [0.15, 0.2) is 5.17 Å². The summed E-state index contributed by atoms with van der Waals surface area (Å²) in [5, 5.41) is 13.1. The van der Waals surface area contributed by atoms with Crippen molar-refractivity contribution in [3.63, 3.8) is 0 Å². The van der Waals surface area contributed by atoms with Crippen molar-refractivity contribution in [3.8, 4) is 5.75 Å². The highest BCUT2D eigenvalue weighted by atomic mass is 35.5. The van der Waals surface area contributed by atoms with E-state index in [1.807, 2.05) is 12.1 Å². The first-order valence-electron chi connectivity index (χ1n) is 6.44. The number of nitrogens with one attached hydrogen (secondary N) is 1. The molecule has 2 aromatic rings. The first kappa shape index (κ1) is 14.7. The third-order valence-electron chi connectivity index (χ3n) is 2.90. The first-order valence-corrected chi connectivity index (χ1v) is 7.64. The Kier molecular flexibility index (Phi) is 4.18. The van der Waals surface area contributed by atoms with Crippen LogP contribution in [0.25, 0.3) is 6.08 Å². The minimum atomic E-state index is -0.183. The number of carbonyl (C=O) groups is 1. The van der Waals surface area contributed by atoms with Crippen LogP contribution in [0.1, 0.15) is 5.56 Å². The fraction of sp³-hybridized carbons (Fsp3) is 0. The number of rotatable bonds is 2. The van der Waals surface area contributed by atoms with Gasteiger partial charge in [-0.3, -0.25) is 4.79 Å². The average Bonchev–Trinajstić information content (AvgIpc) is 2.84. The van der Waals surface area contributed by atoms with E-state index in [1.54, 1.807) is 42.5 Å². The molecule has 0 atom stereocenters. The highest BCUT2D eigenvalue weighted by Gasteiger charge is 2.23. The second-order valence-electron chi connectivity index (χ2n) is 4.55. The lowest BCUT2D eigenvalue weighted by Gasteiger charge is -1.96. The van der Waals surface area contributed by atoms with Gasteiger partial charge < -0.3 is 10.4 Å². The van der Waals surface area contributed by atoms with Crippen LogP contribution in [-0.2, 0) is 4.79 Å². The van der Waals surface area contributed by atoms with Gasteiger partial charge in [0.05, 0.1) is 10.6 Å². The molecule has 1 aliphatic rings. The minimum absolute atomic E-state index is 0.176. The summed E-state index contributed by atoms with van der Waals surface area (Å²) < 4.78 is 0. The summed E-state index contributed by atoms with van der Waals surface area (Å²) in [6.45, 7) is 0. The van der Waals surface area contributed by atoms with Crippen molar-refractivity contribution in [1.29, 1.82) is 0 Å². The van der Waals surface area contributed by atoms with Crippen LogP contribution in [0.4, 0.5) is 5.69 Å². The summed E-state index contributed by atoms with van der Waals surface area (Å²) in [4.78, 5) is 16.9. The number of hydrogen-bond acceptors (Lipinski definition) is 4. The molecule has 0 bridgehead atoms. The fourth-order valence-corrected chi connectivity index (χ4v) is 2.80. The van der Waals surface area contributed by atoms with E-state index in [0.29, 0.717) is 20.8 Å². The summed E-state index contributed by atoms with van der Waals surface area (Å²) in [6, 6.07) is 13.7. The summed E-state index contributed by atoms with van der Waals surface area (Å²) >= 11 is 7.11. The summed E-state index contributed by atoms with van der Waals surface area (Å²) in [6.07, 6.45) is 1.79. The van der Waals surface area contributed by atoms with Crippen molar-refractivity contribution in [1.82, 2.24) is 5.32 Å². The van der Waals surface area contributed by atoms with Gasteiger partial charge in [-0.05, 0) is 59.8 Å². The van der Waals surface area contributed by atoms with Crippen LogP contribution in [0, 0.1) is 0 Å². The quantitative estimate of drug-likeness (QED) is 0.820. The molecule has 1 saturated heterocycles. The van der Waals surface area contributed by atoms with Gasteiger partial charge in [-0.15, -0.1) is 0 Å². The van der Waals surface area contributed by atoms with Crippen LogP contribution in [0.5, 0.6) is 5.75 Å². The molecule has 0 aromatic heterocycles. The molecule has 3 rings (SSSR count). The molecule has 6 heteroatoms. The molecule has 22 heavy (non-hydrogen) atoms. The number of thioether (sulfide) groups is 1. The second kappa shape index (κ2) is 6.25. The molecule has 0 saturated carbocycles. The molecule has 0 radical (unpaired) electrons. The topological polar surface area (TPSA) is 61.7 Å². The predicted octanol–water partition coefficient (Wildman–Crippen LogP) is 3.94. The number of halogens is 1. The van der Waals surface area contributed by atoms with E-state index in [0.717, 1.165) is 5.56 Å². The zero-order valence-corrected chi connectivity index (χ0v) is 12.9. The van der Waals surface area contributed by atoms with Gasteiger partial charge in [0.2, 0.25) is 0 Å². The number of phenols is 1. The molecule has 0 unspecified atom stereocenters. The Morgan fingerprint density at radius 1 is 1.09 bits per heavy atom. The lowest BCUT2D eigenvalue weighted by atomic mass is 10.2. The number of aromatic hydroxyl groups is 1. The van der Waals surface area contributed by atoms with E-state index in [2.05, 4.69) is 10.3 Å². The number of amides is 1. The van der Waals surface area contributed by atoms with Crippen LogP contribution in [0.3, 0.4) is 0 Å². The molecular formula is C16H11ClN2O2S. The molecule has 1 amide bonds. The fourth-order valence-electron chi connectivity index (χ4n) is 1.84. The van der Waals surface area contributed by atoms with Crippen molar-refractivity contribution >= 4 is 46.2 Å². The number of carbonyl (C=O) groups excluding carboxylic acids is 1. The minimum Gasteiger partial charge on any atom is -0.508 e. The van der Waals surface area contributed by atoms with E-state index in [1.165, 1.54) is 11.8 Å². The maximum Gasteiger partial charge on any atom is 0.264 e. The van der Waals surface area contributed by atoms with E-state index < -0.39 is 0 Å². The van der Waals surface area contributed by atoms with Gasteiger partial charge in [0.1, 0.15) is 5.75 Å². The Balaban J connectivity index is 1.80. The number of aliphatic imine (C=N–C) groups is 1. The Labute approximate surface area is 136 Å². The van der Waals surface area contributed by atoms with E-state index in [9.17, 15) is 9.90 Å². The monoisotopic (exact) mass is 330 g/mol. The van der Waals surface area contributed by atoms with Crippen LogP contribution in [-0.4, -0.2) is 16.2 Å². The molecule has 4 nitrogen and oxygen atoms in total. The molecule has 0 aliphatic carbocycles. The second-order valence-corrected chi connectivity index (χ2v) is 6.02. The largest absolute Gasteiger partial charge is 0.508 e. The van der Waals surface area contributed by atoms with Gasteiger partial charge in [-0.2, -0.15) is 0 Å². The van der Waals surface area contributed by atoms with E-state index >= 15 is 0 Å². The highest BCUT2D eigenvalue weighted by molar-refractivity contribution is 8.18. The zero-order chi connectivity index (χ0) is 15.5. The van der Waals surface area contributed by atoms with Crippen LogP contribution < -0.4 is 5.32 Å². The number of benzene rings is 2. The van der Waals surface area contributed by atoms with Gasteiger partial charge in [-0.25, -0.2) is 4.99 Å². The van der Waals surface area contributed by atoms with E-state index in [4.69, 9.17) is 11.6 Å². The third-order valence-corrected chi connectivity index (χ3v) is 4.06. The Bertz CT molecular complexity index is 768. The van der Waals surface area contributed by atoms with Crippen LogP contribution in [0.2, 0.25) is 5.02 Å². The standard InChI is InChI=1S/C16H11ClN2O2S/c17-11-3-1-10(2-4-11)9-14-15(21)19-16(22-14)18-12-5-7-13(20)8-6-12/h1-9,20H,(H,18,19,21). The maximum absolute atomic E-state index is 12.0. The Morgan fingerprint density at radius 2 is 1.77 bits per heavy atom. The lowest BCUT2D eigenvalue weighted by molar-refractivity contribution is -0.115. The molecule has 2 N–H and O–H groups in total. The molecule has 1 heterocycles. The maximum atomic E-state index is 12.0. The average molecular weight is 331 g/mol. The zero-order valence-electron chi connectivity index (χ0n) is 11.3. The molecule has 110 valence electrons. The number of hydrogen-bond donors (Lipinski definition) is 2. The Hall–Kier alpha value is -2.24. The van der Waals surface area contributed by atoms with Gasteiger partial charge in [0, 0.05) is 5.02 Å². The van der Waals surface area contributed by atoms with Gasteiger partial charge in [0.25, 0.3) is 5.91 Å². The van der Waals surface area contributed by atoms with Crippen molar-refractivity contribution in [2.24, 2.45) is 4.99 Å². The van der Waals surface area contributed by atoms with Crippen molar-refractivity contribution in [2.75, 3.05) is 0 Å². The number of phenolic OH excluding ortho intramolecular Hbond substituents is 1.